The zero-order valence-corrected chi connectivity index (χ0v) is 15.7. The van der Waals surface area contributed by atoms with Gasteiger partial charge in [-0.2, -0.15) is 0 Å². The van der Waals surface area contributed by atoms with Crippen molar-refractivity contribution in [2.24, 2.45) is 0 Å². The highest BCUT2D eigenvalue weighted by Crippen LogP contribution is 2.32. The maximum Gasteiger partial charge on any atom is 0.344 e. The SMILES string of the molecule is CCc1ccccc1OCC(=O)OCC(=O)Nc1ccc2c(c1)OCCCO2. The number of aryl methyl sites for hydroxylation is 1. The molecule has 2 aromatic rings. The molecule has 3 rings (SSSR count). The summed E-state index contributed by atoms with van der Waals surface area (Å²) in [7, 11) is 0. The summed E-state index contributed by atoms with van der Waals surface area (Å²) < 4.78 is 21.6. The van der Waals surface area contributed by atoms with Crippen LogP contribution < -0.4 is 19.5 Å². The normalized spacial score (nSPS) is 12.6. The van der Waals surface area contributed by atoms with Crippen molar-refractivity contribution in [1.29, 1.82) is 0 Å². The molecule has 1 N–H and O–H groups in total. The monoisotopic (exact) mass is 385 g/mol. The fourth-order valence-corrected chi connectivity index (χ4v) is 2.70. The molecule has 0 saturated carbocycles. The highest BCUT2D eigenvalue weighted by atomic mass is 16.6. The van der Waals surface area contributed by atoms with Gasteiger partial charge in [-0.25, -0.2) is 4.79 Å². The van der Waals surface area contributed by atoms with Gasteiger partial charge in [-0.3, -0.25) is 4.79 Å². The third kappa shape index (κ3) is 5.39. The lowest BCUT2D eigenvalue weighted by Gasteiger charge is -2.11. The van der Waals surface area contributed by atoms with Gasteiger partial charge in [0, 0.05) is 18.2 Å². The van der Waals surface area contributed by atoms with E-state index in [0.717, 1.165) is 18.4 Å². The van der Waals surface area contributed by atoms with E-state index in [1.165, 1.54) is 0 Å². The predicted molar refractivity (Wildman–Crippen MR) is 103 cm³/mol. The molecule has 0 aromatic heterocycles. The van der Waals surface area contributed by atoms with Crippen molar-refractivity contribution in [2.75, 3.05) is 31.7 Å². The third-order valence-electron chi connectivity index (χ3n) is 4.09. The van der Waals surface area contributed by atoms with Crippen LogP contribution in [0.25, 0.3) is 0 Å². The summed E-state index contributed by atoms with van der Waals surface area (Å²) in [6, 6.07) is 12.6. The molecule has 0 atom stereocenters. The highest BCUT2D eigenvalue weighted by molar-refractivity contribution is 5.93. The van der Waals surface area contributed by atoms with Crippen LogP contribution in [-0.2, 0) is 20.7 Å². The van der Waals surface area contributed by atoms with Crippen LogP contribution in [0.1, 0.15) is 18.9 Å². The van der Waals surface area contributed by atoms with Crippen molar-refractivity contribution in [3.63, 3.8) is 0 Å². The maximum atomic E-state index is 12.0. The Morgan fingerprint density at radius 2 is 1.82 bits per heavy atom. The maximum absolute atomic E-state index is 12.0. The van der Waals surface area contributed by atoms with Gasteiger partial charge in [-0.1, -0.05) is 25.1 Å². The number of rotatable bonds is 7. The second-order valence-electron chi connectivity index (χ2n) is 6.17. The first kappa shape index (κ1) is 19.5. The molecule has 148 valence electrons. The van der Waals surface area contributed by atoms with Crippen LogP contribution >= 0.6 is 0 Å². The van der Waals surface area contributed by atoms with Crippen molar-refractivity contribution < 1.29 is 28.5 Å². The molecule has 0 spiro atoms. The number of hydrogen-bond donors (Lipinski definition) is 1. The van der Waals surface area contributed by atoms with E-state index in [4.69, 9.17) is 18.9 Å². The molecule has 1 heterocycles. The third-order valence-corrected chi connectivity index (χ3v) is 4.09. The molecule has 0 fully saturated rings. The highest BCUT2D eigenvalue weighted by Gasteiger charge is 2.13. The Morgan fingerprint density at radius 3 is 2.64 bits per heavy atom. The lowest BCUT2D eigenvalue weighted by molar-refractivity contribution is -0.149. The average Bonchev–Trinajstić information content (AvgIpc) is 2.96. The Labute approximate surface area is 163 Å². The zero-order chi connectivity index (χ0) is 19.8. The first-order chi connectivity index (χ1) is 13.7. The Hall–Kier alpha value is -3.22. The van der Waals surface area contributed by atoms with Crippen molar-refractivity contribution in [3.8, 4) is 17.2 Å². The number of para-hydroxylation sites is 1. The Balaban J connectivity index is 1.45. The van der Waals surface area contributed by atoms with Crippen LogP contribution in [0.4, 0.5) is 5.69 Å². The number of amides is 1. The predicted octanol–water partition coefficient (Wildman–Crippen LogP) is 2.97. The van der Waals surface area contributed by atoms with E-state index in [2.05, 4.69) is 5.32 Å². The number of esters is 1. The minimum atomic E-state index is -0.611. The van der Waals surface area contributed by atoms with Gasteiger partial charge >= 0.3 is 5.97 Å². The number of carbonyl (C=O) groups excluding carboxylic acids is 2. The van der Waals surface area contributed by atoms with Gasteiger partial charge in [0.25, 0.3) is 5.91 Å². The number of ether oxygens (including phenoxy) is 4. The van der Waals surface area contributed by atoms with Gasteiger partial charge in [0.1, 0.15) is 5.75 Å². The second-order valence-corrected chi connectivity index (χ2v) is 6.17. The van der Waals surface area contributed by atoms with Gasteiger partial charge < -0.3 is 24.3 Å². The minimum absolute atomic E-state index is 0.256. The summed E-state index contributed by atoms with van der Waals surface area (Å²) in [6.45, 7) is 2.51. The van der Waals surface area contributed by atoms with E-state index in [0.29, 0.717) is 36.1 Å². The molecule has 28 heavy (non-hydrogen) atoms. The lowest BCUT2D eigenvalue weighted by atomic mass is 10.1. The van der Waals surface area contributed by atoms with Crippen LogP contribution in [0.15, 0.2) is 42.5 Å². The van der Waals surface area contributed by atoms with Gasteiger partial charge in [-0.05, 0) is 30.2 Å². The van der Waals surface area contributed by atoms with Crippen LogP contribution in [0, 0.1) is 0 Å². The summed E-state index contributed by atoms with van der Waals surface area (Å²) >= 11 is 0. The van der Waals surface area contributed by atoms with Crippen molar-refractivity contribution in [3.05, 3.63) is 48.0 Å². The molecule has 7 nitrogen and oxygen atoms in total. The summed E-state index contributed by atoms with van der Waals surface area (Å²) in [4.78, 5) is 23.9. The molecular formula is C21H23NO6. The van der Waals surface area contributed by atoms with Gasteiger partial charge in [0.2, 0.25) is 0 Å². The topological polar surface area (TPSA) is 83.1 Å². The first-order valence-corrected chi connectivity index (χ1v) is 9.21. The largest absolute Gasteiger partial charge is 0.490 e. The molecule has 2 aromatic carbocycles. The number of nitrogens with one attached hydrogen (secondary N) is 1. The molecule has 1 amide bonds. The first-order valence-electron chi connectivity index (χ1n) is 9.21. The number of benzene rings is 2. The van der Waals surface area contributed by atoms with E-state index in [-0.39, 0.29) is 6.61 Å². The molecule has 1 aliphatic rings. The number of hydrogen-bond acceptors (Lipinski definition) is 6. The number of carbonyl (C=O) groups is 2. The molecule has 1 aliphatic heterocycles. The van der Waals surface area contributed by atoms with Crippen molar-refractivity contribution in [2.45, 2.75) is 19.8 Å². The van der Waals surface area contributed by atoms with Gasteiger partial charge in [0.15, 0.2) is 24.7 Å². The van der Waals surface area contributed by atoms with Crippen LogP contribution in [0.3, 0.4) is 0 Å². The summed E-state index contributed by atoms with van der Waals surface area (Å²) in [5.74, 6) is 0.803. The second kappa shape index (κ2) is 9.64. The summed E-state index contributed by atoms with van der Waals surface area (Å²) in [6.07, 6.45) is 1.60. The molecule has 0 bridgehead atoms. The Morgan fingerprint density at radius 1 is 1.04 bits per heavy atom. The molecule has 0 saturated heterocycles. The molecule has 0 aliphatic carbocycles. The molecule has 0 radical (unpaired) electrons. The lowest BCUT2D eigenvalue weighted by Crippen LogP contribution is -2.23. The fraction of sp³-hybridized carbons (Fsp3) is 0.333. The van der Waals surface area contributed by atoms with E-state index < -0.39 is 18.5 Å². The average molecular weight is 385 g/mol. The van der Waals surface area contributed by atoms with Crippen molar-refractivity contribution in [1.82, 2.24) is 0 Å². The number of fused-ring (bicyclic) bond motifs is 1. The minimum Gasteiger partial charge on any atom is -0.490 e. The summed E-state index contributed by atoms with van der Waals surface area (Å²) in [5.41, 5.74) is 1.54. The van der Waals surface area contributed by atoms with E-state index in [1.807, 2.05) is 25.1 Å². The van der Waals surface area contributed by atoms with Crippen LogP contribution in [0.5, 0.6) is 17.2 Å². The quantitative estimate of drug-likeness (QED) is 0.738. The van der Waals surface area contributed by atoms with Crippen LogP contribution in [-0.4, -0.2) is 38.3 Å². The van der Waals surface area contributed by atoms with Crippen LogP contribution in [0.2, 0.25) is 0 Å². The Kier molecular flexibility index (Phi) is 6.73. The molecule has 7 heteroatoms. The zero-order valence-electron chi connectivity index (χ0n) is 15.7. The van der Waals surface area contributed by atoms with Gasteiger partial charge in [0.05, 0.1) is 13.2 Å². The smallest absolute Gasteiger partial charge is 0.344 e. The standard InChI is InChI=1S/C21H23NO6/c1-2-15-6-3-4-7-17(15)27-14-21(24)28-13-20(23)22-16-8-9-18-19(12-16)26-11-5-10-25-18/h3-4,6-9,12H,2,5,10-11,13-14H2,1H3,(H,22,23). The van der Waals surface area contributed by atoms with Crippen molar-refractivity contribution >= 4 is 17.6 Å². The summed E-state index contributed by atoms with van der Waals surface area (Å²) in [5, 5.41) is 2.67. The molecule has 0 unspecified atom stereocenters. The Bertz CT molecular complexity index is 835. The van der Waals surface area contributed by atoms with Gasteiger partial charge in [-0.15, -0.1) is 0 Å². The van der Waals surface area contributed by atoms with E-state index in [1.54, 1.807) is 24.3 Å². The van der Waals surface area contributed by atoms with E-state index in [9.17, 15) is 9.59 Å². The molecular weight excluding hydrogens is 362 g/mol. The fourth-order valence-electron chi connectivity index (χ4n) is 2.70. The van der Waals surface area contributed by atoms with E-state index >= 15 is 0 Å². The number of anilines is 1.